The smallest absolute Gasteiger partial charge is 0.321 e. The van der Waals surface area contributed by atoms with E-state index >= 15 is 0 Å². The van der Waals surface area contributed by atoms with Crippen molar-refractivity contribution in [3.05, 3.63) is 58.1 Å². The fraction of sp³-hybridized carbons (Fsp3) is 0.278. The zero-order chi connectivity index (χ0) is 19.1. The van der Waals surface area contributed by atoms with E-state index in [0.717, 1.165) is 11.3 Å². The summed E-state index contributed by atoms with van der Waals surface area (Å²) in [4.78, 5) is 24.1. The first-order valence-electron chi connectivity index (χ1n) is 7.94. The van der Waals surface area contributed by atoms with E-state index in [1.165, 1.54) is 17.0 Å². The molecule has 0 unspecified atom stereocenters. The fourth-order valence-electron chi connectivity index (χ4n) is 2.14. The van der Waals surface area contributed by atoms with Gasteiger partial charge in [-0.05, 0) is 36.8 Å². The van der Waals surface area contributed by atoms with Gasteiger partial charge in [0, 0.05) is 19.2 Å². The van der Waals surface area contributed by atoms with E-state index in [1.807, 2.05) is 0 Å². The molecule has 8 heteroatoms. The number of amides is 2. The highest BCUT2D eigenvalue weighted by Gasteiger charge is 2.13. The molecule has 0 saturated carbocycles. The second-order valence-corrected chi connectivity index (χ2v) is 5.63. The molecular weight excluding hydrogens is 338 g/mol. The van der Waals surface area contributed by atoms with Crippen LogP contribution in [-0.4, -0.2) is 43.2 Å². The molecule has 0 aliphatic heterocycles. The molecule has 2 rings (SSSR count). The molecule has 0 atom stereocenters. The number of hydrogen-bond acceptors (Lipinski definition) is 5. The number of methoxy groups -OCH3 is 1. The summed E-state index contributed by atoms with van der Waals surface area (Å²) >= 11 is 0. The number of hydrogen-bond donors (Lipinski definition) is 1. The Bertz CT molecular complexity index is 777. The molecule has 8 nitrogen and oxygen atoms in total. The number of carbonyl (C=O) groups excluding carboxylic acids is 1. The van der Waals surface area contributed by atoms with Crippen molar-refractivity contribution in [3.8, 4) is 11.5 Å². The number of carbonyl (C=O) groups is 1. The summed E-state index contributed by atoms with van der Waals surface area (Å²) in [5.74, 6) is 1.41. The van der Waals surface area contributed by atoms with E-state index < -0.39 is 4.92 Å². The number of benzene rings is 2. The van der Waals surface area contributed by atoms with Gasteiger partial charge in [0.1, 0.15) is 18.1 Å². The van der Waals surface area contributed by atoms with Crippen molar-refractivity contribution < 1.29 is 19.2 Å². The number of rotatable bonds is 7. The molecule has 0 bridgehead atoms. The number of nitrogens with one attached hydrogen (secondary N) is 1. The number of nitrogens with zero attached hydrogens (tertiary/aromatic N) is 2. The highest BCUT2D eigenvalue weighted by molar-refractivity contribution is 5.90. The Morgan fingerprint density at radius 2 is 1.85 bits per heavy atom. The van der Waals surface area contributed by atoms with Crippen molar-refractivity contribution in [2.45, 2.75) is 6.92 Å². The van der Waals surface area contributed by atoms with E-state index in [1.54, 1.807) is 51.4 Å². The Balaban J connectivity index is 1.87. The van der Waals surface area contributed by atoms with Crippen LogP contribution in [0, 0.1) is 17.0 Å². The maximum absolute atomic E-state index is 12.2. The monoisotopic (exact) mass is 359 g/mol. The third-order valence-electron chi connectivity index (χ3n) is 3.78. The number of nitro benzene ring substituents is 1. The van der Waals surface area contributed by atoms with E-state index in [2.05, 4.69) is 5.32 Å². The number of anilines is 1. The minimum absolute atomic E-state index is 0.0728. The van der Waals surface area contributed by atoms with Gasteiger partial charge < -0.3 is 19.7 Å². The lowest BCUT2D eigenvalue weighted by atomic mass is 10.2. The van der Waals surface area contributed by atoms with E-state index in [-0.39, 0.29) is 11.7 Å². The minimum Gasteiger partial charge on any atom is -0.497 e. The van der Waals surface area contributed by atoms with Gasteiger partial charge in [-0.15, -0.1) is 0 Å². The number of urea groups is 1. The van der Waals surface area contributed by atoms with Gasteiger partial charge in [-0.25, -0.2) is 4.79 Å². The van der Waals surface area contributed by atoms with Crippen LogP contribution in [0.1, 0.15) is 5.56 Å². The molecule has 0 spiro atoms. The summed E-state index contributed by atoms with van der Waals surface area (Å²) in [5, 5.41) is 13.5. The number of aryl methyl sites for hydroxylation is 1. The van der Waals surface area contributed by atoms with Crippen molar-refractivity contribution in [2.75, 3.05) is 32.6 Å². The second kappa shape index (κ2) is 8.70. The molecule has 1 N–H and O–H groups in total. The van der Waals surface area contributed by atoms with E-state index in [9.17, 15) is 14.9 Å². The van der Waals surface area contributed by atoms with Gasteiger partial charge in [0.25, 0.3) is 5.69 Å². The Morgan fingerprint density at radius 1 is 1.19 bits per heavy atom. The van der Waals surface area contributed by atoms with Crippen LogP contribution in [0.25, 0.3) is 0 Å². The molecule has 2 aromatic carbocycles. The minimum atomic E-state index is -0.499. The lowest BCUT2D eigenvalue weighted by Crippen LogP contribution is -2.34. The van der Waals surface area contributed by atoms with Gasteiger partial charge in [0.2, 0.25) is 0 Å². The highest BCUT2D eigenvalue weighted by atomic mass is 16.6. The molecule has 0 aliphatic rings. The van der Waals surface area contributed by atoms with Crippen LogP contribution >= 0.6 is 0 Å². The molecule has 138 valence electrons. The van der Waals surface area contributed by atoms with Crippen molar-refractivity contribution in [1.82, 2.24) is 4.90 Å². The molecule has 2 amide bonds. The van der Waals surface area contributed by atoms with Crippen LogP contribution in [0.5, 0.6) is 11.5 Å². The van der Waals surface area contributed by atoms with E-state index in [0.29, 0.717) is 24.6 Å². The van der Waals surface area contributed by atoms with Gasteiger partial charge >= 0.3 is 6.03 Å². The molecule has 26 heavy (non-hydrogen) atoms. The van der Waals surface area contributed by atoms with Gasteiger partial charge in [0.05, 0.1) is 24.3 Å². The van der Waals surface area contributed by atoms with Crippen LogP contribution in [-0.2, 0) is 0 Å². The molecule has 0 heterocycles. The molecule has 0 radical (unpaired) electrons. The Labute approximate surface area is 151 Å². The van der Waals surface area contributed by atoms with Gasteiger partial charge in [-0.2, -0.15) is 0 Å². The van der Waals surface area contributed by atoms with Crippen LogP contribution < -0.4 is 14.8 Å². The van der Waals surface area contributed by atoms with Crippen LogP contribution in [0.2, 0.25) is 0 Å². The first-order valence-corrected chi connectivity index (χ1v) is 7.94. The molecule has 0 saturated heterocycles. The molecular formula is C18H21N3O5. The predicted octanol–water partition coefficient (Wildman–Crippen LogP) is 3.45. The molecule has 0 aliphatic carbocycles. The SMILES string of the molecule is COc1ccc(OCCN(C)C(=O)Nc2cc([N+](=O)[O-])ccc2C)cc1. The Hall–Kier alpha value is -3.29. The summed E-state index contributed by atoms with van der Waals surface area (Å²) in [6, 6.07) is 11.1. The summed E-state index contributed by atoms with van der Waals surface area (Å²) < 4.78 is 10.7. The van der Waals surface area contributed by atoms with Crippen LogP contribution in [0.15, 0.2) is 42.5 Å². The fourth-order valence-corrected chi connectivity index (χ4v) is 2.14. The van der Waals surface area contributed by atoms with Crippen molar-refractivity contribution in [2.24, 2.45) is 0 Å². The lowest BCUT2D eigenvalue weighted by Gasteiger charge is -2.19. The average Bonchev–Trinajstić information content (AvgIpc) is 2.63. The number of non-ortho nitro benzene ring substituents is 1. The number of ether oxygens (including phenoxy) is 2. The summed E-state index contributed by atoms with van der Waals surface area (Å²) in [6.45, 7) is 2.43. The van der Waals surface area contributed by atoms with Crippen LogP contribution in [0.4, 0.5) is 16.2 Å². The summed E-state index contributed by atoms with van der Waals surface area (Å²) in [6.07, 6.45) is 0. The van der Waals surface area contributed by atoms with Gasteiger partial charge in [-0.3, -0.25) is 10.1 Å². The molecule has 0 fully saturated rings. The number of nitro groups is 1. The maximum atomic E-state index is 12.2. The second-order valence-electron chi connectivity index (χ2n) is 5.63. The zero-order valence-electron chi connectivity index (χ0n) is 14.9. The third kappa shape index (κ3) is 5.10. The van der Waals surface area contributed by atoms with Crippen molar-refractivity contribution in [3.63, 3.8) is 0 Å². The normalized spacial score (nSPS) is 10.1. The third-order valence-corrected chi connectivity index (χ3v) is 3.78. The standard InChI is InChI=1S/C18H21N3O5/c1-13-4-5-14(21(23)24)12-17(13)19-18(22)20(2)10-11-26-16-8-6-15(25-3)7-9-16/h4-9,12H,10-11H2,1-3H3,(H,19,22). The summed E-state index contributed by atoms with van der Waals surface area (Å²) in [7, 11) is 3.21. The highest BCUT2D eigenvalue weighted by Crippen LogP contribution is 2.22. The van der Waals surface area contributed by atoms with Crippen molar-refractivity contribution >= 4 is 17.4 Å². The first kappa shape index (κ1) is 19.0. The summed E-state index contributed by atoms with van der Waals surface area (Å²) in [5.41, 5.74) is 1.08. The quantitative estimate of drug-likeness (QED) is 0.603. The topological polar surface area (TPSA) is 93.9 Å². The molecule has 0 aromatic heterocycles. The number of likely N-dealkylation sites (N-methyl/N-ethyl adjacent to an activating group) is 1. The van der Waals surface area contributed by atoms with E-state index in [4.69, 9.17) is 9.47 Å². The predicted molar refractivity (Wildman–Crippen MR) is 98.0 cm³/mol. The zero-order valence-corrected chi connectivity index (χ0v) is 14.9. The average molecular weight is 359 g/mol. The van der Waals surface area contributed by atoms with Crippen molar-refractivity contribution in [1.29, 1.82) is 0 Å². The lowest BCUT2D eigenvalue weighted by molar-refractivity contribution is -0.384. The van der Waals surface area contributed by atoms with Gasteiger partial charge in [-0.1, -0.05) is 6.07 Å². The molecule has 2 aromatic rings. The van der Waals surface area contributed by atoms with Crippen LogP contribution in [0.3, 0.4) is 0 Å². The maximum Gasteiger partial charge on any atom is 0.321 e. The van der Waals surface area contributed by atoms with Gasteiger partial charge in [0.15, 0.2) is 0 Å². The largest absolute Gasteiger partial charge is 0.497 e. The first-order chi connectivity index (χ1) is 12.4. The Morgan fingerprint density at radius 3 is 2.46 bits per heavy atom. The Kier molecular flexibility index (Phi) is 6.37.